The van der Waals surface area contributed by atoms with Gasteiger partial charge in [0.05, 0.1) is 17.9 Å². The normalized spacial score (nSPS) is 13.4. The Balaban J connectivity index is 2.20. The van der Waals surface area contributed by atoms with E-state index in [1.54, 1.807) is 13.0 Å². The van der Waals surface area contributed by atoms with Gasteiger partial charge in [0.1, 0.15) is 5.76 Å². The molecule has 0 saturated carbocycles. The molecule has 0 aliphatic carbocycles. The van der Waals surface area contributed by atoms with Crippen LogP contribution in [0.1, 0.15) is 29.7 Å². The summed E-state index contributed by atoms with van der Waals surface area (Å²) in [6.45, 7) is 1.60. The maximum atomic E-state index is 12.8. The fourth-order valence-electron chi connectivity index (χ4n) is 1.93. The molecule has 0 saturated heterocycles. The van der Waals surface area contributed by atoms with Crippen molar-refractivity contribution in [3.05, 3.63) is 53.2 Å². The molecule has 6 heteroatoms. The Labute approximate surface area is 114 Å². The first-order valence-electron chi connectivity index (χ1n) is 6.13. The van der Waals surface area contributed by atoms with Crippen molar-refractivity contribution in [3.63, 3.8) is 0 Å². The summed E-state index contributed by atoms with van der Waals surface area (Å²) in [4.78, 5) is 3.94. The molecule has 1 heterocycles. The van der Waals surface area contributed by atoms with Crippen LogP contribution in [-0.4, -0.2) is 16.2 Å². The maximum Gasteiger partial charge on any atom is 0.416 e. The van der Waals surface area contributed by atoms with Gasteiger partial charge in [0.25, 0.3) is 0 Å². The predicted octanol–water partition coefficient (Wildman–Crippen LogP) is 3.21. The lowest BCUT2D eigenvalue weighted by atomic mass is 10.0. The fraction of sp³-hybridized carbons (Fsp3) is 0.357. The van der Waals surface area contributed by atoms with Gasteiger partial charge < -0.3 is 9.52 Å². The van der Waals surface area contributed by atoms with Crippen LogP contribution < -0.4 is 0 Å². The third-order valence-electron chi connectivity index (χ3n) is 2.76. The number of aliphatic hydroxyl groups is 1. The van der Waals surface area contributed by atoms with Crippen LogP contribution in [0, 0.1) is 0 Å². The van der Waals surface area contributed by atoms with Gasteiger partial charge in [0.15, 0.2) is 5.89 Å². The first kappa shape index (κ1) is 14.6. The molecule has 0 bridgehead atoms. The molecule has 2 aromatic rings. The van der Waals surface area contributed by atoms with Gasteiger partial charge in [-0.2, -0.15) is 13.2 Å². The Morgan fingerprint density at radius 2 is 2.00 bits per heavy atom. The fourth-order valence-corrected chi connectivity index (χ4v) is 1.93. The molecule has 0 aliphatic heterocycles. The third-order valence-corrected chi connectivity index (χ3v) is 2.76. The first-order chi connectivity index (χ1) is 9.36. The minimum Gasteiger partial charge on any atom is -0.445 e. The summed E-state index contributed by atoms with van der Waals surface area (Å²) in [6, 6.07) is 5.33. The number of aliphatic hydroxyl groups excluding tert-OH is 1. The van der Waals surface area contributed by atoms with Crippen LogP contribution in [0.4, 0.5) is 13.2 Å². The zero-order valence-corrected chi connectivity index (χ0v) is 10.8. The number of hydrogen-bond donors (Lipinski definition) is 1. The Bertz CT molecular complexity index is 576. The van der Waals surface area contributed by atoms with Gasteiger partial charge in [0.2, 0.25) is 0 Å². The summed E-state index contributed by atoms with van der Waals surface area (Å²) in [5.41, 5.74) is -0.569. The number of hydrogen-bond acceptors (Lipinski definition) is 3. The molecular weight excluding hydrogens is 271 g/mol. The number of benzene rings is 1. The predicted molar refractivity (Wildman–Crippen MR) is 66.1 cm³/mol. The molecule has 0 fully saturated rings. The average molecular weight is 285 g/mol. The van der Waals surface area contributed by atoms with Gasteiger partial charge in [-0.15, -0.1) is 0 Å². The van der Waals surface area contributed by atoms with Gasteiger partial charge >= 0.3 is 6.18 Å². The van der Waals surface area contributed by atoms with E-state index in [1.807, 2.05) is 0 Å². The number of nitrogens with zero attached hydrogens (tertiary/aromatic N) is 1. The van der Waals surface area contributed by atoms with Gasteiger partial charge in [0, 0.05) is 12.8 Å². The molecule has 0 amide bonds. The number of rotatable bonds is 4. The molecule has 20 heavy (non-hydrogen) atoms. The van der Waals surface area contributed by atoms with Crippen LogP contribution in [-0.2, 0) is 19.0 Å². The second kappa shape index (κ2) is 5.66. The van der Waals surface area contributed by atoms with Crippen LogP contribution in [0.2, 0.25) is 0 Å². The van der Waals surface area contributed by atoms with E-state index in [9.17, 15) is 18.3 Å². The second-order valence-electron chi connectivity index (χ2n) is 4.61. The van der Waals surface area contributed by atoms with Gasteiger partial charge in [-0.05, 0) is 18.6 Å². The smallest absolute Gasteiger partial charge is 0.416 e. The monoisotopic (exact) mass is 285 g/mol. The van der Waals surface area contributed by atoms with E-state index in [4.69, 9.17) is 4.42 Å². The molecule has 108 valence electrons. The van der Waals surface area contributed by atoms with Gasteiger partial charge in [-0.25, -0.2) is 4.98 Å². The average Bonchev–Trinajstić information content (AvgIpc) is 2.75. The van der Waals surface area contributed by atoms with Crippen LogP contribution in [0.25, 0.3) is 0 Å². The van der Waals surface area contributed by atoms with Crippen molar-refractivity contribution in [3.8, 4) is 0 Å². The molecule has 2 rings (SSSR count). The zero-order valence-electron chi connectivity index (χ0n) is 10.8. The van der Waals surface area contributed by atoms with E-state index >= 15 is 0 Å². The molecular formula is C14H14F3NO2. The lowest BCUT2D eigenvalue weighted by Gasteiger charge is -2.11. The van der Waals surface area contributed by atoms with E-state index in [2.05, 4.69) is 4.98 Å². The number of alkyl halides is 3. The van der Waals surface area contributed by atoms with E-state index in [0.29, 0.717) is 5.76 Å². The Morgan fingerprint density at radius 1 is 1.30 bits per heavy atom. The molecule has 1 aromatic heterocycles. The van der Waals surface area contributed by atoms with Crippen molar-refractivity contribution in [2.75, 3.05) is 0 Å². The van der Waals surface area contributed by atoms with Crippen molar-refractivity contribution >= 4 is 0 Å². The minimum atomic E-state index is -4.40. The maximum absolute atomic E-state index is 12.8. The Kier molecular flexibility index (Phi) is 4.13. The Hall–Kier alpha value is -1.82. The van der Waals surface area contributed by atoms with E-state index < -0.39 is 17.8 Å². The molecule has 1 N–H and O–H groups in total. The zero-order chi connectivity index (χ0) is 14.8. The molecule has 1 atom stereocenters. The number of oxazole rings is 1. The number of aromatic nitrogens is 1. The molecule has 0 spiro atoms. The summed E-state index contributed by atoms with van der Waals surface area (Å²) >= 11 is 0. The van der Waals surface area contributed by atoms with Crippen molar-refractivity contribution < 1.29 is 22.7 Å². The van der Waals surface area contributed by atoms with E-state index in [-0.39, 0.29) is 24.3 Å². The van der Waals surface area contributed by atoms with Crippen molar-refractivity contribution in [1.29, 1.82) is 0 Å². The topological polar surface area (TPSA) is 46.3 Å². The SMILES string of the molecule is CC(O)Cc1cnc(Cc2ccccc2C(F)(F)F)o1. The number of halogens is 3. The summed E-state index contributed by atoms with van der Waals surface area (Å²) in [5, 5.41) is 9.22. The third kappa shape index (κ3) is 3.60. The molecule has 1 aromatic carbocycles. The summed E-state index contributed by atoms with van der Waals surface area (Å²) in [6.07, 6.45) is -3.30. The second-order valence-corrected chi connectivity index (χ2v) is 4.61. The van der Waals surface area contributed by atoms with Crippen LogP contribution in [0.15, 0.2) is 34.9 Å². The molecule has 0 radical (unpaired) electrons. The van der Waals surface area contributed by atoms with Crippen molar-refractivity contribution in [2.24, 2.45) is 0 Å². The van der Waals surface area contributed by atoms with E-state index in [1.165, 1.54) is 18.3 Å². The lowest BCUT2D eigenvalue weighted by molar-refractivity contribution is -0.138. The summed E-state index contributed by atoms with van der Waals surface area (Å²) < 4.78 is 43.9. The van der Waals surface area contributed by atoms with Crippen molar-refractivity contribution in [1.82, 2.24) is 4.98 Å². The highest BCUT2D eigenvalue weighted by molar-refractivity contribution is 5.31. The lowest BCUT2D eigenvalue weighted by Crippen LogP contribution is -2.09. The quantitative estimate of drug-likeness (QED) is 0.938. The summed E-state index contributed by atoms with van der Waals surface area (Å²) in [5.74, 6) is 0.664. The van der Waals surface area contributed by atoms with Crippen LogP contribution >= 0.6 is 0 Å². The molecule has 1 unspecified atom stereocenters. The largest absolute Gasteiger partial charge is 0.445 e. The van der Waals surface area contributed by atoms with Crippen molar-refractivity contribution in [2.45, 2.75) is 32.0 Å². The van der Waals surface area contributed by atoms with E-state index in [0.717, 1.165) is 6.07 Å². The highest BCUT2D eigenvalue weighted by Gasteiger charge is 2.33. The highest BCUT2D eigenvalue weighted by atomic mass is 19.4. The minimum absolute atomic E-state index is 0.0322. The highest BCUT2D eigenvalue weighted by Crippen LogP contribution is 2.32. The summed E-state index contributed by atoms with van der Waals surface area (Å²) in [7, 11) is 0. The Morgan fingerprint density at radius 3 is 2.65 bits per heavy atom. The van der Waals surface area contributed by atoms with Gasteiger partial charge in [-0.1, -0.05) is 18.2 Å². The standard InChI is InChI=1S/C14H14F3NO2/c1-9(19)6-11-8-18-13(20-11)7-10-4-2-3-5-12(10)14(15,16)17/h2-5,8-9,19H,6-7H2,1H3. The molecule has 0 aliphatic rings. The molecule has 3 nitrogen and oxygen atoms in total. The first-order valence-corrected chi connectivity index (χ1v) is 6.13. The van der Waals surface area contributed by atoms with Crippen LogP contribution in [0.5, 0.6) is 0 Å². The van der Waals surface area contributed by atoms with Gasteiger partial charge in [-0.3, -0.25) is 0 Å². The van der Waals surface area contributed by atoms with Crippen LogP contribution in [0.3, 0.4) is 0 Å².